The average molecular weight is 396 g/mol. The lowest BCUT2D eigenvalue weighted by molar-refractivity contribution is -0.141. The molecule has 0 unspecified atom stereocenters. The van der Waals surface area contributed by atoms with Crippen molar-refractivity contribution in [3.63, 3.8) is 0 Å². The minimum atomic E-state index is -4.49. The minimum Gasteiger partial charge on any atom is -0.375 e. The average Bonchev–Trinajstić information content (AvgIpc) is 2.69. The molecule has 28 heavy (non-hydrogen) atoms. The van der Waals surface area contributed by atoms with Gasteiger partial charge in [-0.2, -0.15) is 13.2 Å². The van der Waals surface area contributed by atoms with Crippen molar-refractivity contribution < 1.29 is 17.9 Å². The van der Waals surface area contributed by atoms with Crippen molar-refractivity contribution in [1.82, 2.24) is 20.6 Å². The molecule has 2 rings (SSSR count). The normalized spacial score (nSPS) is 11.9. The summed E-state index contributed by atoms with van der Waals surface area (Å²) in [6.45, 7) is 2.36. The standard InChI is InChI=1S/C18H23F3N6O/c1-22-16(26-11-12-28-13-14-5-3-2-4-6-14)24-9-10-25-17-23-8-7-15(27-17)18(19,20)21/h2-8H,9-13H2,1H3,(H2,22,24,26)(H,23,25,27). The van der Waals surface area contributed by atoms with Crippen molar-refractivity contribution >= 4 is 11.9 Å². The second kappa shape index (κ2) is 11.1. The van der Waals surface area contributed by atoms with E-state index in [2.05, 4.69) is 30.9 Å². The van der Waals surface area contributed by atoms with Crippen LogP contribution in [0.4, 0.5) is 19.1 Å². The van der Waals surface area contributed by atoms with Gasteiger partial charge in [-0.25, -0.2) is 9.97 Å². The molecular formula is C18H23F3N6O. The SMILES string of the molecule is CN=C(NCCNc1nccc(C(F)(F)F)n1)NCCOCc1ccccc1. The van der Waals surface area contributed by atoms with E-state index in [9.17, 15) is 13.2 Å². The lowest BCUT2D eigenvalue weighted by Crippen LogP contribution is -2.41. The summed E-state index contributed by atoms with van der Waals surface area (Å²) < 4.78 is 43.4. The molecule has 1 aromatic heterocycles. The zero-order valence-corrected chi connectivity index (χ0v) is 15.5. The Kier molecular flexibility index (Phi) is 8.47. The quantitative estimate of drug-likeness (QED) is 0.343. The van der Waals surface area contributed by atoms with Gasteiger partial charge in [0.05, 0.1) is 13.2 Å². The molecule has 0 amide bonds. The molecule has 0 aliphatic carbocycles. The second-order valence-corrected chi connectivity index (χ2v) is 5.65. The van der Waals surface area contributed by atoms with Gasteiger partial charge in [0.25, 0.3) is 0 Å². The van der Waals surface area contributed by atoms with Crippen LogP contribution in [0.2, 0.25) is 0 Å². The largest absolute Gasteiger partial charge is 0.433 e. The van der Waals surface area contributed by atoms with Gasteiger partial charge in [-0.15, -0.1) is 0 Å². The first-order chi connectivity index (χ1) is 13.5. The summed E-state index contributed by atoms with van der Waals surface area (Å²) in [5.41, 5.74) is 0.124. The van der Waals surface area contributed by atoms with Crippen LogP contribution in [0, 0.1) is 0 Å². The highest BCUT2D eigenvalue weighted by atomic mass is 19.4. The number of ether oxygens (including phenoxy) is 1. The maximum Gasteiger partial charge on any atom is 0.433 e. The van der Waals surface area contributed by atoms with Crippen molar-refractivity contribution in [2.24, 2.45) is 4.99 Å². The van der Waals surface area contributed by atoms with Gasteiger partial charge >= 0.3 is 6.18 Å². The van der Waals surface area contributed by atoms with Gasteiger partial charge in [-0.05, 0) is 11.6 Å². The lowest BCUT2D eigenvalue weighted by atomic mass is 10.2. The van der Waals surface area contributed by atoms with Crippen molar-refractivity contribution in [2.45, 2.75) is 12.8 Å². The van der Waals surface area contributed by atoms with E-state index >= 15 is 0 Å². The Morgan fingerprint density at radius 2 is 1.82 bits per heavy atom. The van der Waals surface area contributed by atoms with E-state index in [1.165, 1.54) is 0 Å². The second-order valence-electron chi connectivity index (χ2n) is 5.65. The van der Waals surface area contributed by atoms with E-state index in [4.69, 9.17) is 4.74 Å². The van der Waals surface area contributed by atoms with Gasteiger partial charge in [-0.1, -0.05) is 30.3 Å². The lowest BCUT2D eigenvalue weighted by Gasteiger charge is -2.13. The number of hydrogen-bond donors (Lipinski definition) is 3. The van der Waals surface area contributed by atoms with E-state index in [-0.39, 0.29) is 5.95 Å². The van der Waals surface area contributed by atoms with E-state index in [0.29, 0.717) is 38.8 Å². The third kappa shape index (κ3) is 7.78. The van der Waals surface area contributed by atoms with Crippen LogP contribution in [-0.2, 0) is 17.5 Å². The van der Waals surface area contributed by atoms with Crippen LogP contribution in [-0.4, -0.2) is 49.2 Å². The zero-order chi connectivity index (χ0) is 20.2. The van der Waals surface area contributed by atoms with Crippen LogP contribution in [0.15, 0.2) is 47.6 Å². The highest BCUT2D eigenvalue weighted by Crippen LogP contribution is 2.27. The number of nitrogens with zero attached hydrogens (tertiary/aromatic N) is 3. The molecule has 3 N–H and O–H groups in total. The topological polar surface area (TPSA) is 83.5 Å². The number of anilines is 1. The van der Waals surface area contributed by atoms with Gasteiger partial charge in [-0.3, -0.25) is 4.99 Å². The number of rotatable bonds is 9. The van der Waals surface area contributed by atoms with Crippen molar-refractivity contribution in [2.75, 3.05) is 38.6 Å². The number of aliphatic imine (C=N–C) groups is 1. The third-order valence-electron chi connectivity index (χ3n) is 3.52. The monoisotopic (exact) mass is 396 g/mol. The maximum absolute atomic E-state index is 12.6. The summed E-state index contributed by atoms with van der Waals surface area (Å²) in [6, 6.07) is 10.7. The highest BCUT2D eigenvalue weighted by Gasteiger charge is 2.32. The Morgan fingerprint density at radius 1 is 1.07 bits per heavy atom. The summed E-state index contributed by atoms with van der Waals surface area (Å²) in [6.07, 6.45) is -3.42. The molecule has 2 aromatic rings. The van der Waals surface area contributed by atoms with E-state index in [1.807, 2.05) is 30.3 Å². The molecule has 0 bridgehead atoms. The summed E-state index contributed by atoms with van der Waals surface area (Å²) in [5.74, 6) is 0.490. The van der Waals surface area contributed by atoms with E-state index < -0.39 is 11.9 Å². The Bertz CT molecular complexity index is 740. The molecule has 0 aliphatic heterocycles. The molecule has 1 aromatic carbocycles. The van der Waals surface area contributed by atoms with Crippen LogP contribution < -0.4 is 16.0 Å². The molecule has 0 atom stereocenters. The number of benzene rings is 1. The van der Waals surface area contributed by atoms with Gasteiger partial charge < -0.3 is 20.7 Å². The number of aromatic nitrogens is 2. The van der Waals surface area contributed by atoms with Crippen LogP contribution in [0.1, 0.15) is 11.3 Å². The Morgan fingerprint density at radius 3 is 2.54 bits per heavy atom. The van der Waals surface area contributed by atoms with Crippen LogP contribution in [0.3, 0.4) is 0 Å². The van der Waals surface area contributed by atoms with Crippen molar-refractivity contribution in [3.05, 3.63) is 53.9 Å². The van der Waals surface area contributed by atoms with Crippen molar-refractivity contribution in [3.8, 4) is 0 Å². The zero-order valence-electron chi connectivity index (χ0n) is 15.5. The first-order valence-electron chi connectivity index (χ1n) is 8.69. The fraction of sp³-hybridized carbons (Fsp3) is 0.389. The van der Waals surface area contributed by atoms with Crippen LogP contribution in [0.25, 0.3) is 0 Å². The van der Waals surface area contributed by atoms with Gasteiger partial charge in [0.2, 0.25) is 5.95 Å². The van der Waals surface area contributed by atoms with Crippen LogP contribution in [0.5, 0.6) is 0 Å². The number of nitrogens with one attached hydrogen (secondary N) is 3. The molecular weight excluding hydrogens is 373 g/mol. The first-order valence-corrected chi connectivity index (χ1v) is 8.69. The van der Waals surface area contributed by atoms with E-state index in [1.54, 1.807) is 7.05 Å². The Balaban J connectivity index is 1.61. The summed E-state index contributed by atoms with van der Waals surface area (Å²) in [7, 11) is 1.63. The fourth-order valence-corrected chi connectivity index (χ4v) is 2.18. The summed E-state index contributed by atoms with van der Waals surface area (Å²) in [5, 5.41) is 8.86. The van der Waals surface area contributed by atoms with E-state index in [0.717, 1.165) is 17.8 Å². The molecule has 0 spiro atoms. The molecule has 10 heteroatoms. The molecule has 0 fully saturated rings. The molecule has 0 saturated heterocycles. The van der Waals surface area contributed by atoms with Crippen molar-refractivity contribution in [1.29, 1.82) is 0 Å². The summed E-state index contributed by atoms with van der Waals surface area (Å²) in [4.78, 5) is 11.3. The number of halogens is 3. The third-order valence-corrected chi connectivity index (χ3v) is 3.52. The maximum atomic E-state index is 12.6. The molecule has 152 valence electrons. The number of hydrogen-bond acceptors (Lipinski definition) is 5. The van der Waals surface area contributed by atoms with Gasteiger partial charge in [0.15, 0.2) is 5.96 Å². The predicted molar refractivity (Wildman–Crippen MR) is 101 cm³/mol. The molecule has 1 heterocycles. The van der Waals surface area contributed by atoms with Gasteiger partial charge in [0.1, 0.15) is 5.69 Å². The number of alkyl halides is 3. The predicted octanol–water partition coefficient (Wildman–Crippen LogP) is 2.29. The molecule has 0 aliphatic rings. The molecule has 0 radical (unpaired) electrons. The number of guanidine groups is 1. The minimum absolute atomic E-state index is 0.0751. The van der Waals surface area contributed by atoms with Gasteiger partial charge in [0, 0.05) is 32.9 Å². The highest BCUT2D eigenvalue weighted by molar-refractivity contribution is 5.79. The Labute approximate surface area is 161 Å². The Hall–Kier alpha value is -2.88. The smallest absolute Gasteiger partial charge is 0.375 e. The molecule has 7 nitrogen and oxygen atoms in total. The van der Waals surface area contributed by atoms with Crippen LogP contribution >= 0.6 is 0 Å². The first kappa shape index (κ1) is 21.4. The summed E-state index contributed by atoms with van der Waals surface area (Å²) >= 11 is 0. The molecule has 0 saturated carbocycles. The fourth-order valence-electron chi connectivity index (χ4n) is 2.18.